The van der Waals surface area contributed by atoms with E-state index in [0.717, 1.165) is 0 Å². The molecule has 8 heteroatoms. The average molecular weight is 444 g/mol. The molecule has 0 saturated carbocycles. The van der Waals surface area contributed by atoms with Gasteiger partial charge in [0.2, 0.25) is 0 Å². The Kier molecular flexibility index (Phi) is 14.4. The standard InChI is InChI=1S/C7H6O3.C3H6O3.2Ag/c8-6-4-2-1-3-5(6)7(9)10;1-2(4)3(5)6;;/h1-4,8H,(H,9,10);2,4H,1H3,(H,5,6);;. The second-order valence-electron chi connectivity index (χ2n) is 2.84. The maximum absolute atomic E-state index is 10.3. The van der Waals surface area contributed by atoms with Gasteiger partial charge in [-0.15, -0.1) is 0 Å². The summed E-state index contributed by atoms with van der Waals surface area (Å²) in [6, 6.07) is 5.81. The summed E-state index contributed by atoms with van der Waals surface area (Å²) in [6.45, 7) is 1.20. The van der Waals surface area contributed by atoms with Gasteiger partial charge in [0.1, 0.15) is 17.4 Å². The van der Waals surface area contributed by atoms with Gasteiger partial charge < -0.3 is 20.4 Å². The molecule has 1 aromatic carbocycles. The molecule has 0 bridgehead atoms. The molecular weight excluding hydrogens is 432 g/mol. The van der Waals surface area contributed by atoms with Gasteiger partial charge in [0, 0.05) is 44.8 Å². The van der Waals surface area contributed by atoms with Crippen molar-refractivity contribution in [3.05, 3.63) is 29.8 Å². The maximum atomic E-state index is 10.3. The number of carbonyl (C=O) groups is 2. The fourth-order valence-electron chi connectivity index (χ4n) is 0.654. The molecule has 0 heterocycles. The van der Waals surface area contributed by atoms with Gasteiger partial charge in [0.05, 0.1) is 0 Å². The number of aromatic hydroxyl groups is 1. The fraction of sp³-hybridized carbons (Fsp3) is 0.200. The molecule has 0 aliphatic heterocycles. The van der Waals surface area contributed by atoms with E-state index in [1.807, 2.05) is 0 Å². The number of phenols is 1. The molecule has 6 nitrogen and oxygen atoms in total. The molecule has 4 N–H and O–H groups in total. The number of rotatable bonds is 2. The predicted molar refractivity (Wildman–Crippen MR) is 54.4 cm³/mol. The second-order valence-corrected chi connectivity index (χ2v) is 2.84. The summed E-state index contributed by atoms with van der Waals surface area (Å²) in [7, 11) is 0. The number of aliphatic carboxylic acids is 1. The topological polar surface area (TPSA) is 115 Å². The Labute approximate surface area is 135 Å². The third kappa shape index (κ3) is 9.43. The molecule has 1 atom stereocenters. The quantitative estimate of drug-likeness (QED) is 0.496. The van der Waals surface area contributed by atoms with Crippen molar-refractivity contribution in [1.29, 1.82) is 0 Å². The first kappa shape index (κ1) is 22.6. The summed E-state index contributed by atoms with van der Waals surface area (Å²) in [4.78, 5) is 19.7. The number of hydrogen-bond donors (Lipinski definition) is 4. The number of para-hydroxylation sites is 1. The third-order valence-corrected chi connectivity index (χ3v) is 1.49. The van der Waals surface area contributed by atoms with Crippen molar-refractivity contribution in [2.75, 3.05) is 0 Å². The summed E-state index contributed by atoms with van der Waals surface area (Å²) >= 11 is 0. The van der Waals surface area contributed by atoms with Crippen molar-refractivity contribution in [2.24, 2.45) is 0 Å². The first-order chi connectivity index (χ1) is 7.36. The van der Waals surface area contributed by atoms with Crippen molar-refractivity contribution >= 4 is 11.9 Å². The maximum Gasteiger partial charge on any atom is 0.339 e. The van der Waals surface area contributed by atoms with E-state index < -0.39 is 18.0 Å². The molecule has 2 radical (unpaired) electrons. The van der Waals surface area contributed by atoms with E-state index >= 15 is 0 Å². The Morgan fingerprint density at radius 1 is 1.11 bits per heavy atom. The second kappa shape index (κ2) is 11.5. The van der Waals surface area contributed by atoms with E-state index in [9.17, 15) is 9.59 Å². The first-order valence-corrected chi connectivity index (χ1v) is 4.28. The van der Waals surface area contributed by atoms with Crippen LogP contribution >= 0.6 is 0 Å². The largest absolute Gasteiger partial charge is 0.507 e. The molecule has 0 aliphatic carbocycles. The Morgan fingerprint density at radius 2 is 1.50 bits per heavy atom. The molecule has 0 fully saturated rings. The number of aliphatic hydroxyl groups excluding tert-OH is 1. The fourth-order valence-corrected chi connectivity index (χ4v) is 0.654. The van der Waals surface area contributed by atoms with Crippen LogP contribution in [0.1, 0.15) is 17.3 Å². The van der Waals surface area contributed by atoms with Crippen LogP contribution in [-0.4, -0.2) is 38.5 Å². The van der Waals surface area contributed by atoms with Gasteiger partial charge in [-0.25, -0.2) is 9.59 Å². The van der Waals surface area contributed by atoms with Gasteiger partial charge in [-0.2, -0.15) is 0 Å². The van der Waals surface area contributed by atoms with Crippen LogP contribution in [0, 0.1) is 0 Å². The first-order valence-electron chi connectivity index (χ1n) is 4.28. The zero-order chi connectivity index (χ0) is 12.7. The van der Waals surface area contributed by atoms with Crippen molar-refractivity contribution < 1.29 is 74.8 Å². The van der Waals surface area contributed by atoms with Crippen LogP contribution in [0.15, 0.2) is 24.3 Å². The van der Waals surface area contributed by atoms with E-state index in [1.165, 1.54) is 19.1 Å². The van der Waals surface area contributed by atoms with Crippen LogP contribution in [0.5, 0.6) is 5.75 Å². The Bertz CT molecular complexity index is 380. The summed E-state index contributed by atoms with van der Waals surface area (Å²) < 4.78 is 0. The average Bonchev–Trinajstić information content (AvgIpc) is 2.18. The minimum Gasteiger partial charge on any atom is -0.507 e. The molecule has 1 rings (SSSR count). The minimum atomic E-state index is -1.23. The minimum absolute atomic E-state index is 0. The van der Waals surface area contributed by atoms with Gasteiger partial charge in [-0.3, -0.25) is 0 Å². The SMILES string of the molecule is CC(O)C(=O)O.O=C(O)c1ccccc1O.[Ag].[Ag]. The molecule has 1 unspecified atom stereocenters. The zero-order valence-corrected chi connectivity index (χ0v) is 12.1. The monoisotopic (exact) mass is 442 g/mol. The Hall–Kier alpha value is -0.599. The van der Waals surface area contributed by atoms with E-state index in [-0.39, 0.29) is 56.1 Å². The molecule has 110 valence electrons. The van der Waals surface area contributed by atoms with Crippen LogP contribution < -0.4 is 0 Å². The molecule has 0 amide bonds. The number of benzene rings is 1. The predicted octanol–water partition coefficient (Wildman–Crippen LogP) is 0.537. The summed E-state index contributed by atoms with van der Waals surface area (Å²) in [6.07, 6.45) is -1.23. The van der Waals surface area contributed by atoms with Crippen LogP contribution in [0.4, 0.5) is 0 Å². The van der Waals surface area contributed by atoms with Crippen molar-refractivity contribution in [1.82, 2.24) is 0 Å². The van der Waals surface area contributed by atoms with Gasteiger partial charge in [0.15, 0.2) is 0 Å². The third-order valence-electron chi connectivity index (χ3n) is 1.49. The van der Waals surface area contributed by atoms with E-state index in [4.69, 9.17) is 20.4 Å². The van der Waals surface area contributed by atoms with E-state index in [1.54, 1.807) is 12.1 Å². The number of carboxylic acid groups (broad SMARTS) is 2. The van der Waals surface area contributed by atoms with E-state index in [0.29, 0.717) is 0 Å². The molecule has 1 aromatic rings. The number of aliphatic hydroxyl groups is 1. The van der Waals surface area contributed by atoms with Crippen LogP contribution in [0.25, 0.3) is 0 Å². The van der Waals surface area contributed by atoms with Crippen LogP contribution in [0.2, 0.25) is 0 Å². The van der Waals surface area contributed by atoms with Crippen molar-refractivity contribution in [3.63, 3.8) is 0 Å². The van der Waals surface area contributed by atoms with Gasteiger partial charge >= 0.3 is 11.9 Å². The van der Waals surface area contributed by atoms with Crippen molar-refractivity contribution in [3.8, 4) is 5.75 Å². The van der Waals surface area contributed by atoms with Gasteiger partial charge in [-0.05, 0) is 19.1 Å². The van der Waals surface area contributed by atoms with Crippen LogP contribution in [-0.2, 0) is 49.6 Å². The number of hydrogen-bond acceptors (Lipinski definition) is 4. The molecule has 0 aromatic heterocycles. The molecule has 18 heavy (non-hydrogen) atoms. The number of carboxylic acids is 2. The normalized spacial score (nSPS) is 9.67. The smallest absolute Gasteiger partial charge is 0.339 e. The summed E-state index contributed by atoms with van der Waals surface area (Å²) in [5, 5.41) is 33.1. The Balaban J connectivity index is -0.000000250. The van der Waals surface area contributed by atoms with Gasteiger partial charge in [0.25, 0.3) is 0 Å². The summed E-state index contributed by atoms with van der Waals surface area (Å²) in [5.41, 5.74) is -0.0671. The molecular formula is C10H12Ag2O6. The van der Waals surface area contributed by atoms with Crippen molar-refractivity contribution in [2.45, 2.75) is 13.0 Å². The molecule has 0 saturated heterocycles. The zero-order valence-electron chi connectivity index (χ0n) is 9.10. The van der Waals surface area contributed by atoms with Crippen LogP contribution in [0.3, 0.4) is 0 Å². The molecule has 0 spiro atoms. The van der Waals surface area contributed by atoms with Gasteiger partial charge in [-0.1, -0.05) is 12.1 Å². The summed E-state index contributed by atoms with van der Waals surface area (Å²) in [5.74, 6) is -2.50. The van der Waals surface area contributed by atoms with E-state index in [2.05, 4.69) is 0 Å². The Morgan fingerprint density at radius 3 is 1.72 bits per heavy atom. The molecule has 0 aliphatic rings. The number of aromatic carboxylic acids is 1.